The Labute approximate surface area is 162 Å². The number of aromatic nitrogens is 3. The van der Waals surface area contributed by atoms with Crippen LogP contribution in [0.25, 0.3) is 10.9 Å². The summed E-state index contributed by atoms with van der Waals surface area (Å²) in [6, 6.07) is 10.1. The number of carbonyl (C=O) groups is 1. The quantitative estimate of drug-likeness (QED) is 0.738. The van der Waals surface area contributed by atoms with Gasteiger partial charge in [-0.2, -0.15) is 5.10 Å². The van der Waals surface area contributed by atoms with Gasteiger partial charge < -0.3 is 10.6 Å². The van der Waals surface area contributed by atoms with Crippen molar-refractivity contribution in [3.8, 4) is 0 Å². The number of anilines is 1. The predicted molar refractivity (Wildman–Crippen MR) is 108 cm³/mol. The number of fused-ring (bicyclic) bond motifs is 2. The number of rotatable bonds is 3. The maximum atomic E-state index is 12.7. The van der Waals surface area contributed by atoms with E-state index in [9.17, 15) is 4.79 Å². The highest BCUT2D eigenvalue weighted by atomic mass is 16.2. The van der Waals surface area contributed by atoms with Crippen molar-refractivity contribution in [1.82, 2.24) is 20.1 Å². The predicted octanol–water partition coefficient (Wildman–Crippen LogP) is 2.87. The minimum Gasteiger partial charge on any atom is -0.348 e. The Hall–Kier alpha value is -3.22. The van der Waals surface area contributed by atoms with Gasteiger partial charge in [0.15, 0.2) is 11.5 Å². The van der Waals surface area contributed by atoms with E-state index < -0.39 is 0 Å². The molecule has 7 nitrogen and oxygen atoms in total. The molecule has 5 rings (SSSR count). The van der Waals surface area contributed by atoms with Crippen LogP contribution in [-0.2, 0) is 13.6 Å². The summed E-state index contributed by atoms with van der Waals surface area (Å²) in [5.74, 6) is 1.37. The Balaban J connectivity index is 1.40. The van der Waals surface area contributed by atoms with Crippen LogP contribution in [0.3, 0.4) is 0 Å². The summed E-state index contributed by atoms with van der Waals surface area (Å²) in [5, 5.41) is 11.8. The minimum absolute atomic E-state index is 0.0958. The van der Waals surface area contributed by atoms with E-state index in [0.717, 1.165) is 46.5 Å². The highest BCUT2D eigenvalue weighted by Gasteiger charge is 2.28. The number of hydrogen-bond donors (Lipinski definition) is 2. The van der Waals surface area contributed by atoms with Gasteiger partial charge >= 0.3 is 0 Å². The number of nitrogens with zero attached hydrogens (tertiary/aromatic N) is 4. The summed E-state index contributed by atoms with van der Waals surface area (Å²) in [5.41, 5.74) is 4.29. The van der Waals surface area contributed by atoms with Gasteiger partial charge in [-0.05, 0) is 43.0 Å². The van der Waals surface area contributed by atoms with Crippen molar-refractivity contribution < 1.29 is 4.79 Å². The number of aryl methyl sites for hydroxylation is 1. The van der Waals surface area contributed by atoms with Gasteiger partial charge in [0.25, 0.3) is 5.91 Å². The number of amides is 1. The molecule has 0 saturated heterocycles. The molecule has 1 aromatic carbocycles. The molecule has 1 fully saturated rings. The molecule has 1 aliphatic heterocycles. The number of benzene rings is 1. The average Bonchev–Trinajstić information content (AvgIpc) is 3.22. The first-order valence-electron chi connectivity index (χ1n) is 9.62. The van der Waals surface area contributed by atoms with Gasteiger partial charge in [0.1, 0.15) is 5.69 Å². The number of amidine groups is 1. The third-order valence-electron chi connectivity index (χ3n) is 5.56. The molecule has 3 aromatic rings. The van der Waals surface area contributed by atoms with Crippen molar-refractivity contribution in [2.75, 3.05) is 5.32 Å². The van der Waals surface area contributed by atoms with Gasteiger partial charge in [-0.3, -0.25) is 19.5 Å². The lowest BCUT2D eigenvalue weighted by molar-refractivity contribution is 0.0892. The second-order valence-electron chi connectivity index (χ2n) is 7.75. The lowest BCUT2D eigenvalue weighted by Crippen LogP contribution is -2.43. The van der Waals surface area contributed by atoms with E-state index in [1.807, 2.05) is 37.4 Å². The number of pyridine rings is 1. The number of carbonyl (C=O) groups excluding carboxylic acids is 1. The first-order chi connectivity index (χ1) is 13.6. The van der Waals surface area contributed by atoms with Crippen molar-refractivity contribution in [3.05, 3.63) is 53.5 Å². The summed E-state index contributed by atoms with van der Waals surface area (Å²) in [4.78, 5) is 21.6. The molecule has 1 amide bonds. The molecule has 0 unspecified atom stereocenters. The largest absolute Gasteiger partial charge is 0.348 e. The van der Waals surface area contributed by atoms with Crippen LogP contribution in [0.4, 0.5) is 5.69 Å². The molecule has 0 atom stereocenters. The molecule has 2 aromatic heterocycles. The molecule has 1 saturated carbocycles. The van der Waals surface area contributed by atoms with Crippen molar-refractivity contribution in [2.24, 2.45) is 18.0 Å². The zero-order chi connectivity index (χ0) is 19.3. The van der Waals surface area contributed by atoms with Gasteiger partial charge in [-0.15, -0.1) is 0 Å². The molecule has 28 heavy (non-hydrogen) atoms. The summed E-state index contributed by atoms with van der Waals surface area (Å²) in [7, 11) is 1.86. The number of aliphatic imine (C=N–C) groups is 1. The first-order valence-corrected chi connectivity index (χ1v) is 9.62. The van der Waals surface area contributed by atoms with Crippen LogP contribution in [-0.4, -0.2) is 32.5 Å². The van der Waals surface area contributed by atoms with Gasteiger partial charge in [0, 0.05) is 35.9 Å². The molecule has 142 valence electrons. The van der Waals surface area contributed by atoms with E-state index in [0.29, 0.717) is 18.2 Å². The zero-order valence-corrected chi connectivity index (χ0v) is 15.9. The molecule has 0 bridgehead atoms. The van der Waals surface area contributed by atoms with E-state index >= 15 is 0 Å². The van der Waals surface area contributed by atoms with E-state index in [1.165, 1.54) is 0 Å². The van der Waals surface area contributed by atoms with E-state index in [-0.39, 0.29) is 11.9 Å². The Morgan fingerprint density at radius 1 is 1.25 bits per heavy atom. The summed E-state index contributed by atoms with van der Waals surface area (Å²) in [6.45, 7) is 2.85. The highest BCUT2D eigenvalue weighted by Crippen LogP contribution is 2.28. The maximum Gasteiger partial charge on any atom is 0.272 e. The smallest absolute Gasteiger partial charge is 0.272 e. The average molecular weight is 374 g/mol. The maximum absolute atomic E-state index is 12.7. The van der Waals surface area contributed by atoms with Crippen LogP contribution in [0, 0.1) is 5.92 Å². The standard InChI is InChI=1S/C21H22N6O/c1-12-8-15(9-12)25-21(28)19-16-6-5-14(10-17(16)27(2)26-19)24-20-18-13(11-23-20)4-3-7-22-18/h3-7,10,12,15H,8-9,11H2,1-2H3,(H,23,24)(H,25,28). The highest BCUT2D eigenvalue weighted by molar-refractivity contribution is 6.11. The van der Waals surface area contributed by atoms with Crippen molar-refractivity contribution in [1.29, 1.82) is 0 Å². The minimum atomic E-state index is -0.0958. The molecular weight excluding hydrogens is 352 g/mol. The van der Waals surface area contributed by atoms with Crippen LogP contribution < -0.4 is 10.6 Å². The van der Waals surface area contributed by atoms with Crippen molar-refractivity contribution in [2.45, 2.75) is 32.4 Å². The number of hydrogen-bond acceptors (Lipinski definition) is 5. The fourth-order valence-corrected chi connectivity index (χ4v) is 4.03. The SMILES string of the molecule is CC1CC(NC(=O)c2nn(C)c3cc(NC4=NCc5cccnc54)ccc23)C1. The second-order valence-corrected chi connectivity index (χ2v) is 7.75. The topological polar surface area (TPSA) is 84.2 Å². The second kappa shape index (κ2) is 6.44. The lowest BCUT2D eigenvalue weighted by Gasteiger charge is -2.32. The molecule has 0 radical (unpaired) electrons. The van der Waals surface area contributed by atoms with Crippen molar-refractivity contribution >= 4 is 28.3 Å². The Bertz CT molecular complexity index is 1110. The Kier molecular flexibility index (Phi) is 3.89. The molecule has 1 aliphatic carbocycles. The van der Waals surface area contributed by atoms with E-state index in [1.54, 1.807) is 10.9 Å². The molecule has 3 heterocycles. The zero-order valence-electron chi connectivity index (χ0n) is 15.9. The third-order valence-corrected chi connectivity index (χ3v) is 5.56. The van der Waals surface area contributed by atoms with Crippen molar-refractivity contribution in [3.63, 3.8) is 0 Å². The summed E-state index contributed by atoms with van der Waals surface area (Å²) >= 11 is 0. The normalized spacial score (nSPS) is 20.4. The lowest BCUT2D eigenvalue weighted by atomic mass is 9.82. The van der Waals surface area contributed by atoms with Crippen LogP contribution in [0.1, 0.15) is 41.5 Å². The van der Waals surface area contributed by atoms with Crippen LogP contribution in [0.15, 0.2) is 41.5 Å². The summed E-state index contributed by atoms with van der Waals surface area (Å²) in [6.07, 6.45) is 3.86. The molecule has 2 aliphatic rings. The van der Waals surface area contributed by atoms with Gasteiger partial charge in [0.05, 0.1) is 12.1 Å². The Morgan fingerprint density at radius 3 is 2.93 bits per heavy atom. The van der Waals surface area contributed by atoms with Crippen LogP contribution in [0.5, 0.6) is 0 Å². The molecular formula is C21H22N6O. The molecule has 7 heteroatoms. The fraction of sp³-hybridized carbons (Fsp3) is 0.333. The van der Waals surface area contributed by atoms with Gasteiger partial charge in [-0.1, -0.05) is 13.0 Å². The molecule has 0 spiro atoms. The van der Waals surface area contributed by atoms with Gasteiger partial charge in [-0.25, -0.2) is 0 Å². The monoisotopic (exact) mass is 374 g/mol. The fourth-order valence-electron chi connectivity index (χ4n) is 4.03. The number of nitrogens with one attached hydrogen (secondary N) is 2. The van der Waals surface area contributed by atoms with E-state index in [2.05, 4.69) is 32.6 Å². The van der Waals surface area contributed by atoms with E-state index in [4.69, 9.17) is 0 Å². The molecule has 2 N–H and O–H groups in total. The van der Waals surface area contributed by atoms with Gasteiger partial charge in [0.2, 0.25) is 0 Å². The third kappa shape index (κ3) is 2.83. The van der Waals surface area contributed by atoms with Crippen LogP contribution >= 0.6 is 0 Å². The Morgan fingerprint density at radius 2 is 2.11 bits per heavy atom. The first kappa shape index (κ1) is 16.9. The summed E-state index contributed by atoms with van der Waals surface area (Å²) < 4.78 is 1.75. The van der Waals surface area contributed by atoms with Crippen LogP contribution in [0.2, 0.25) is 0 Å².